The molecule has 1 heterocycles. The van der Waals surface area contributed by atoms with E-state index in [0.29, 0.717) is 27.0 Å². The van der Waals surface area contributed by atoms with Gasteiger partial charge in [0.25, 0.3) is 15.9 Å². The molecule has 0 aliphatic rings. The van der Waals surface area contributed by atoms with E-state index >= 15 is 0 Å². The molecule has 10 heteroatoms. The van der Waals surface area contributed by atoms with Gasteiger partial charge < -0.3 is 10.1 Å². The summed E-state index contributed by atoms with van der Waals surface area (Å²) in [7, 11) is -3.92. The number of rotatable bonds is 7. The number of amides is 2. The van der Waals surface area contributed by atoms with Crippen molar-refractivity contribution < 1.29 is 22.7 Å². The first-order valence-electron chi connectivity index (χ1n) is 8.83. The van der Waals surface area contributed by atoms with E-state index in [1.54, 1.807) is 6.92 Å². The first-order valence-corrected chi connectivity index (χ1v) is 11.1. The highest BCUT2D eigenvalue weighted by atomic mass is 32.2. The molecule has 2 amide bonds. The fraction of sp³-hybridized carbons (Fsp3) is 0.150. The summed E-state index contributed by atoms with van der Waals surface area (Å²) >= 11 is 1.23. The van der Waals surface area contributed by atoms with Gasteiger partial charge in [0.15, 0.2) is 0 Å². The zero-order chi connectivity index (χ0) is 21.7. The Labute approximate surface area is 178 Å². The number of nitrogens with zero attached hydrogens (tertiary/aromatic N) is 1. The van der Waals surface area contributed by atoms with Crippen LogP contribution in [0.25, 0.3) is 0 Å². The minimum absolute atomic E-state index is 0.0787. The summed E-state index contributed by atoms with van der Waals surface area (Å²) in [6.07, 6.45) is 0. The van der Waals surface area contributed by atoms with Crippen LogP contribution in [0.3, 0.4) is 0 Å². The van der Waals surface area contributed by atoms with Crippen LogP contribution in [0.15, 0.2) is 59.5 Å². The van der Waals surface area contributed by atoms with Crippen molar-refractivity contribution in [2.24, 2.45) is 0 Å². The third-order valence-corrected chi connectivity index (χ3v) is 6.43. The van der Waals surface area contributed by atoms with Gasteiger partial charge in [0.1, 0.15) is 22.2 Å². The molecule has 0 atom stereocenters. The van der Waals surface area contributed by atoms with E-state index < -0.39 is 15.9 Å². The zero-order valence-corrected chi connectivity index (χ0v) is 17.8. The van der Waals surface area contributed by atoms with Crippen LogP contribution in [0.5, 0.6) is 5.75 Å². The molecule has 8 nitrogen and oxygen atoms in total. The van der Waals surface area contributed by atoms with Crippen molar-refractivity contribution in [3.8, 4) is 5.75 Å². The Morgan fingerprint density at radius 2 is 1.73 bits per heavy atom. The first-order chi connectivity index (χ1) is 14.2. The normalized spacial score (nSPS) is 11.0. The number of para-hydroxylation sites is 1. The maximum atomic E-state index is 12.6. The number of benzene rings is 2. The molecule has 3 aromatic rings. The number of aryl methyl sites for hydroxylation is 1. The van der Waals surface area contributed by atoms with Crippen molar-refractivity contribution in [3.05, 3.63) is 70.2 Å². The second kappa shape index (κ2) is 9.06. The monoisotopic (exact) mass is 445 g/mol. The van der Waals surface area contributed by atoms with Crippen LogP contribution in [0.2, 0.25) is 0 Å². The molecule has 30 heavy (non-hydrogen) atoms. The van der Waals surface area contributed by atoms with Crippen LogP contribution < -0.4 is 14.8 Å². The van der Waals surface area contributed by atoms with E-state index in [1.807, 2.05) is 35.1 Å². The number of thiazole rings is 1. The number of carbonyl (C=O) groups excluding carboxylic acids is 2. The molecule has 0 unspecified atom stereocenters. The number of carbonyl (C=O) groups is 2. The van der Waals surface area contributed by atoms with Gasteiger partial charge in [-0.25, -0.2) is 18.1 Å². The molecule has 0 aliphatic carbocycles. The lowest BCUT2D eigenvalue weighted by atomic mass is 10.3. The topological polar surface area (TPSA) is 114 Å². The summed E-state index contributed by atoms with van der Waals surface area (Å²) in [6, 6.07) is 14.8. The highest BCUT2D eigenvalue weighted by molar-refractivity contribution is 7.90. The van der Waals surface area contributed by atoms with Crippen LogP contribution in [0, 0.1) is 6.92 Å². The second-order valence-corrected chi connectivity index (χ2v) is 9.03. The highest BCUT2D eigenvalue weighted by Crippen LogP contribution is 2.22. The van der Waals surface area contributed by atoms with Crippen molar-refractivity contribution in [2.75, 3.05) is 5.32 Å². The van der Waals surface area contributed by atoms with Crippen LogP contribution in [0.1, 0.15) is 27.3 Å². The summed E-state index contributed by atoms with van der Waals surface area (Å²) in [5.41, 5.74) is 0.991. The van der Waals surface area contributed by atoms with Gasteiger partial charge in [-0.05, 0) is 43.3 Å². The number of hydrogen-bond acceptors (Lipinski definition) is 7. The third-order valence-electron chi connectivity index (χ3n) is 3.85. The summed E-state index contributed by atoms with van der Waals surface area (Å²) in [5, 5.41) is 3.38. The minimum Gasteiger partial charge on any atom is -0.486 e. The molecule has 1 aromatic heterocycles. The summed E-state index contributed by atoms with van der Waals surface area (Å²) in [4.78, 5) is 28.3. The van der Waals surface area contributed by atoms with Crippen LogP contribution >= 0.6 is 11.3 Å². The van der Waals surface area contributed by atoms with Crippen molar-refractivity contribution in [2.45, 2.75) is 25.3 Å². The Hall–Kier alpha value is -3.24. The van der Waals surface area contributed by atoms with Gasteiger partial charge in [-0.1, -0.05) is 18.2 Å². The van der Waals surface area contributed by atoms with Gasteiger partial charge in [-0.2, -0.15) is 0 Å². The standard InChI is InChI=1S/C20H19N3O5S2/c1-13-19(29-18(21-13)12-28-16-6-4-3-5-7-16)20(25)22-15-8-10-17(11-9-15)30(26,27)23-14(2)24/h3-11H,12H2,1-2H3,(H,22,25)(H,23,24). The van der Waals surface area contributed by atoms with Crippen molar-refractivity contribution >= 4 is 38.9 Å². The Kier molecular flexibility index (Phi) is 6.48. The van der Waals surface area contributed by atoms with E-state index in [0.717, 1.165) is 6.92 Å². The molecular formula is C20H19N3O5S2. The van der Waals surface area contributed by atoms with Crippen molar-refractivity contribution in [1.82, 2.24) is 9.71 Å². The van der Waals surface area contributed by atoms with E-state index in [1.165, 1.54) is 35.6 Å². The minimum atomic E-state index is -3.92. The third kappa shape index (κ3) is 5.43. The number of nitrogens with one attached hydrogen (secondary N) is 2. The Morgan fingerprint density at radius 3 is 2.37 bits per heavy atom. The SMILES string of the molecule is CC(=O)NS(=O)(=O)c1ccc(NC(=O)c2sc(COc3ccccc3)nc2C)cc1. The Balaban J connectivity index is 1.66. The lowest BCUT2D eigenvalue weighted by Crippen LogP contribution is -2.28. The number of hydrogen-bond donors (Lipinski definition) is 2. The molecule has 0 spiro atoms. The van der Waals surface area contributed by atoms with Crippen LogP contribution in [-0.2, 0) is 21.4 Å². The summed E-state index contributed by atoms with van der Waals surface area (Å²) in [6.45, 7) is 3.10. The average molecular weight is 446 g/mol. The molecule has 0 saturated carbocycles. The predicted molar refractivity (Wildman–Crippen MR) is 113 cm³/mol. The lowest BCUT2D eigenvalue weighted by Gasteiger charge is -2.07. The molecule has 156 valence electrons. The largest absolute Gasteiger partial charge is 0.486 e. The number of aromatic nitrogens is 1. The van der Waals surface area contributed by atoms with Gasteiger partial charge in [0.05, 0.1) is 10.6 Å². The van der Waals surface area contributed by atoms with Gasteiger partial charge in [0.2, 0.25) is 5.91 Å². The fourth-order valence-corrected chi connectivity index (χ4v) is 4.40. The van der Waals surface area contributed by atoms with E-state index in [-0.39, 0.29) is 17.4 Å². The average Bonchev–Trinajstić information content (AvgIpc) is 3.07. The van der Waals surface area contributed by atoms with E-state index in [9.17, 15) is 18.0 Å². The quantitative estimate of drug-likeness (QED) is 0.578. The van der Waals surface area contributed by atoms with Gasteiger partial charge >= 0.3 is 0 Å². The van der Waals surface area contributed by atoms with Gasteiger partial charge in [-0.15, -0.1) is 11.3 Å². The molecular weight excluding hydrogens is 426 g/mol. The molecule has 3 rings (SSSR count). The maximum Gasteiger partial charge on any atom is 0.267 e. The molecule has 0 aliphatic heterocycles. The van der Waals surface area contributed by atoms with Crippen LogP contribution in [0.4, 0.5) is 5.69 Å². The predicted octanol–water partition coefficient (Wildman–Crippen LogP) is 3.11. The Morgan fingerprint density at radius 1 is 1.07 bits per heavy atom. The highest BCUT2D eigenvalue weighted by Gasteiger charge is 2.18. The smallest absolute Gasteiger partial charge is 0.267 e. The van der Waals surface area contributed by atoms with Gasteiger partial charge in [-0.3, -0.25) is 9.59 Å². The maximum absolute atomic E-state index is 12.6. The number of anilines is 1. The number of sulfonamides is 1. The fourth-order valence-electron chi connectivity index (χ4n) is 2.54. The van der Waals surface area contributed by atoms with E-state index in [2.05, 4.69) is 10.3 Å². The molecule has 0 saturated heterocycles. The lowest BCUT2D eigenvalue weighted by molar-refractivity contribution is -0.117. The second-order valence-electron chi connectivity index (χ2n) is 6.26. The summed E-state index contributed by atoms with van der Waals surface area (Å²) < 4.78 is 31.5. The van der Waals surface area contributed by atoms with Crippen molar-refractivity contribution in [3.63, 3.8) is 0 Å². The van der Waals surface area contributed by atoms with E-state index in [4.69, 9.17) is 4.74 Å². The van der Waals surface area contributed by atoms with Crippen molar-refractivity contribution in [1.29, 1.82) is 0 Å². The first kappa shape index (κ1) is 21.5. The molecule has 2 N–H and O–H groups in total. The molecule has 2 aromatic carbocycles. The zero-order valence-electron chi connectivity index (χ0n) is 16.2. The summed E-state index contributed by atoms with van der Waals surface area (Å²) in [5.74, 6) is -0.320. The molecule has 0 bridgehead atoms. The molecule has 0 radical (unpaired) electrons. The number of ether oxygens (including phenoxy) is 1. The van der Waals surface area contributed by atoms with Crippen LogP contribution in [-0.4, -0.2) is 25.2 Å². The molecule has 0 fully saturated rings. The van der Waals surface area contributed by atoms with Gasteiger partial charge in [0, 0.05) is 12.6 Å². The Bertz CT molecular complexity index is 1160.